The molecule has 0 radical (unpaired) electrons. The summed E-state index contributed by atoms with van der Waals surface area (Å²) in [6.07, 6.45) is 4.00. The lowest BCUT2D eigenvalue weighted by Gasteiger charge is -2.13. The minimum atomic E-state index is -3.92. The zero-order valence-electron chi connectivity index (χ0n) is 16.0. The first-order chi connectivity index (χ1) is 13.4. The largest absolute Gasteiger partial charge is 0.495 e. The zero-order valence-corrected chi connectivity index (χ0v) is 16.8. The van der Waals surface area contributed by atoms with E-state index < -0.39 is 22.6 Å². The molecule has 0 heterocycles. The molecule has 10 heteroatoms. The van der Waals surface area contributed by atoms with Gasteiger partial charge in [-0.2, -0.15) is 0 Å². The summed E-state index contributed by atoms with van der Waals surface area (Å²) in [5.74, 6) is -1.08. The molecular weight excluding hydrogens is 388 g/mol. The maximum Gasteiger partial charge on any atom is 0.338 e. The summed E-state index contributed by atoms with van der Waals surface area (Å²) < 4.78 is 42.2. The molecule has 1 fully saturated rings. The fraction of sp³-hybridized carbons (Fsp3) is 0.556. The van der Waals surface area contributed by atoms with Crippen LogP contribution in [0.2, 0.25) is 0 Å². The van der Waals surface area contributed by atoms with Gasteiger partial charge < -0.3 is 19.5 Å². The molecule has 0 bridgehead atoms. The van der Waals surface area contributed by atoms with E-state index in [9.17, 15) is 18.0 Å². The molecule has 0 saturated heterocycles. The molecule has 0 aliphatic heterocycles. The third-order valence-corrected chi connectivity index (χ3v) is 5.82. The number of carbonyl (C=O) groups excluding carboxylic acids is 2. The second-order valence-electron chi connectivity index (χ2n) is 6.38. The number of methoxy groups -OCH3 is 2. The number of esters is 1. The molecular formula is C18H26N2O7S. The van der Waals surface area contributed by atoms with E-state index in [1.165, 1.54) is 26.4 Å². The van der Waals surface area contributed by atoms with E-state index in [0.29, 0.717) is 0 Å². The highest BCUT2D eigenvalue weighted by atomic mass is 32.2. The van der Waals surface area contributed by atoms with Gasteiger partial charge in [0.15, 0.2) is 6.61 Å². The van der Waals surface area contributed by atoms with Crippen LogP contribution in [0.15, 0.2) is 23.1 Å². The number of benzene rings is 1. The maximum absolute atomic E-state index is 12.5. The number of sulfonamides is 1. The van der Waals surface area contributed by atoms with Gasteiger partial charge in [-0.05, 0) is 31.0 Å². The second-order valence-corrected chi connectivity index (χ2v) is 8.12. The lowest BCUT2D eigenvalue weighted by Crippen LogP contribution is -2.35. The van der Waals surface area contributed by atoms with Gasteiger partial charge in [0.1, 0.15) is 10.6 Å². The van der Waals surface area contributed by atoms with Crippen LogP contribution in [0.3, 0.4) is 0 Å². The zero-order chi connectivity index (χ0) is 20.6. The normalized spacial score (nSPS) is 14.6. The van der Waals surface area contributed by atoms with Crippen LogP contribution in [0.5, 0.6) is 5.75 Å². The first-order valence-corrected chi connectivity index (χ1v) is 10.5. The Morgan fingerprint density at radius 2 is 1.89 bits per heavy atom. The molecule has 1 aliphatic rings. The van der Waals surface area contributed by atoms with Crippen molar-refractivity contribution in [1.29, 1.82) is 0 Å². The molecule has 1 aromatic carbocycles. The summed E-state index contributed by atoms with van der Waals surface area (Å²) in [6, 6.07) is 4.03. The van der Waals surface area contributed by atoms with Crippen molar-refractivity contribution in [2.75, 3.05) is 34.0 Å². The Balaban J connectivity index is 2.04. The van der Waals surface area contributed by atoms with Crippen molar-refractivity contribution in [3.8, 4) is 5.75 Å². The molecule has 9 nitrogen and oxygen atoms in total. The van der Waals surface area contributed by atoms with Crippen LogP contribution in [0, 0.1) is 0 Å². The summed E-state index contributed by atoms with van der Waals surface area (Å²) in [5, 5.41) is 2.81. The first kappa shape index (κ1) is 22.1. The lowest BCUT2D eigenvalue weighted by atomic mass is 10.2. The molecule has 1 amide bonds. The number of hydrogen-bond donors (Lipinski definition) is 2. The SMILES string of the molecule is COCCNS(=O)(=O)c1cc(C(=O)OCC(=O)NC2CCCC2)ccc1OC. The van der Waals surface area contributed by atoms with Crippen LogP contribution in [0.4, 0.5) is 0 Å². The third-order valence-electron chi connectivity index (χ3n) is 4.34. The van der Waals surface area contributed by atoms with E-state index in [4.69, 9.17) is 14.2 Å². The van der Waals surface area contributed by atoms with Crippen LogP contribution < -0.4 is 14.8 Å². The number of carbonyl (C=O) groups is 2. The van der Waals surface area contributed by atoms with Crippen molar-refractivity contribution in [2.45, 2.75) is 36.6 Å². The number of hydrogen-bond acceptors (Lipinski definition) is 7. The number of rotatable bonds is 10. The van der Waals surface area contributed by atoms with Crippen LogP contribution in [0.1, 0.15) is 36.0 Å². The van der Waals surface area contributed by atoms with Crippen LogP contribution >= 0.6 is 0 Å². The molecule has 1 aliphatic carbocycles. The van der Waals surface area contributed by atoms with Crippen molar-refractivity contribution in [2.24, 2.45) is 0 Å². The van der Waals surface area contributed by atoms with Gasteiger partial charge in [0.05, 0.1) is 19.3 Å². The van der Waals surface area contributed by atoms with Gasteiger partial charge in [0.2, 0.25) is 10.0 Å². The molecule has 1 aromatic rings. The van der Waals surface area contributed by atoms with Gasteiger partial charge >= 0.3 is 5.97 Å². The summed E-state index contributed by atoms with van der Waals surface area (Å²) in [4.78, 5) is 23.9. The summed E-state index contributed by atoms with van der Waals surface area (Å²) in [7, 11) is -1.14. The Kier molecular flexibility index (Phi) is 8.21. The summed E-state index contributed by atoms with van der Waals surface area (Å²) in [6.45, 7) is -0.160. The standard InChI is InChI=1S/C18H26N2O7S/c1-25-10-9-19-28(23,24)16-11-13(7-8-15(16)26-2)18(22)27-12-17(21)20-14-5-3-4-6-14/h7-8,11,14,19H,3-6,9-10,12H2,1-2H3,(H,20,21). The van der Waals surface area contributed by atoms with Gasteiger partial charge in [0, 0.05) is 19.7 Å². The van der Waals surface area contributed by atoms with Crippen LogP contribution in [-0.2, 0) is 24.3 Å². The van der Waals surface area contributed by atoms with E-state index in [0.717, 1.165) is 31.7 Å². The molecule has 156 valence electrons. The predicted molar refractivity (Wildman–Crippen MR) is 101 cm³/mol. The monoisotopic (exact) mass is 414 g/mol. The van der Waals surface area contributed by atoms with Crippen molar-refractivity contribution in [1.82, 2.24) is 10.0 Å². The average molecular weight is 414 g/mol. The highest BCUT2D eigenvalue weighted by Gasteiger charge is 2.23. The fourth-order valence-electron chi connectivity index (χ4n) is 2.92. The van der Waals surface area contributed by atoms with Crippen LogP contribution in [-0.4, -0.2) is 60.3 Å². The van der Waals surface area contributed by atoms with Crippen molar-refractivity contribution in [3.05, 3.63) is 23.8 Å². The Hall–Kier alpha value is -2.17. The number of nitrogens with one attached hydrogen (secondary N) is 2. The summed E-state index contributed by atoms with van der Waals surface area (Å²) in [5.41, 5.74) is 0.00147. The van der Waals surface area contributed by atoms with E-state index in [1.807, 2.05) is 0 Å². The molecule has 28 heavy (non-hydrogen) atoms. The Labute approximate surface area is 164 Å². The van der Waals surface area contributed by atoms with Crippen molar-refractivity contribution < 1.29 is 32.2 Å². The Bertz CT molecular complexity index is 789. The minimum Gasteiger partial charge on any atom is -0.495 e. The molecule has 0 spiro atoms. The molecule has 0 unspecified atom stereocenters. The van der Waals surface area contributed by atoms with E-state index in [-0.39, 0.29) is 41.3 Å². The van der Waals surface area contributed by atoms with Gasteiger partial charge in [-0.1, -0.05) is 12.8 Å². The quantitative estimate of drug-likeness (QED) is 0.430. The lowest BCUT2D eigenvalue weighted by molar-refractivity contribution is -0.124. The molecule has 1 saturated carbocycles. The second kappa shape index (κ2) is 10.4. The highest BCUT2D eigenvalue weighted by Crippen LogP contribution is 2.25. The van der Waals surface area contributed by atoms with Crippen molar-refractivity contribution >= 4 is 21.9 Å². The van der Waals surface area contributed by atoms with Crippen molar-refractivity contribution in [3.63, 3.8) is 0 Å². The summed E-state index contributed by atoms with van der Waals surface area (Å²) >= 11 is 0. The molecule has 0 atom stereocenters. The van der Waals surface area contributed by atoms with E-state index >= 15 is 0 Å². The third kappa shape index (κ3) is 6.18. The van der Waals surface area contributed by atoms with Gasteiger partial charge in [-0.15, -0.1) is 0 Å². The van der Waals surface area contributed by atoms with Gasteiger partial charge in [0.25, 0.3) is 5.91 Å². The fourth-order valence-corrected chi connectivity index (χ4v) is 4.13. The van der Waals surface area contributed by atoms with Gasteiger partial charge in [-0.25, -0.2) is 17.9 Å². The Morgan fingerprint density at radius 1 is 1.18 bits per heavy atom. The Morgan fingerprint density at radius 3 is 2.54 bits per heavy atom. The smallest absolute Gasteiger partial charge is 0.338 e. The highest BCUT2D eigenvalue weighted by molar-refractivity contribution is 7.89. The van der Waals surface area contributed by atoms with E-state index in [2.05, 4.69) is 10.0 Å². The number of ether oxygens (including phenoxy) is 3. The predicted octanol–water partition coefficient (Wildman–Crippen LogP) is 0.836. The number of amides is 1. The maximum atomic E-state index is 12.5. The minimum absolute atomic E-state index is 0.00147. The van der Waals surface area contributed by atoms with Gasteiger partial charge in [-0.3, -0.25) is 4.79 Å². The van der Waals surface area contributed by atoms with E-state index in [1.54, 1.807) is 0 Å². The molecule has 2 rings (SSSR count). The van der Waals surface area contributed by atoms with Crippen LogP contribution in [0.25, 0.3) is 0 Å². The first-order valence-electron chi connectivity index (χ1n) is 9.00. The average Bonchev–Trinajstić information content (AvgIpc) is 3.18. The molecule has 2 N–H and O–H groups in total. The molecule has 0 aromatic heterocycles. The topological polar surface area (TPSA) is 120 Å².